The molecule has 44 heavy (non-hydrogen) atoms. The summed E-state index contributed by atoms with van der Waals surface area (Å²) in [7, 11) is 0. The number of rotatable bonds is 12. The largest absolute Gasteiger partial charge is 0.488 e. The van der Waals surface area contributed by atoms with Crippen LogP contribution >= 0.6 is 11.6 Å². The lowest BCUT2D eigenvalue weighted by molar-refractivity contribution is -0.141. The molecule has 0 spiro atoms. The van der Waals surface area contributed by atoms with E-state index in [4.69, 9.17) is 26.8 Å². The number of benzene rings is 3. The van der Waals surface area contributed by atoms with Gasteiger partial charge in [0.25, 0.3) is 0 Å². The van der Waals surface area contributed by atoms with E-state index in [1.807, 2.05) is 24.3 Å². The smallest absolute Gasteiger partial charge is 0.321 e. The molecule has 4 aromatic rings. The SMILES string of the molecule is N#Cc1cncc(COc2cc(O[C@H]3CCc4c(-c5ccccc5F)cccc43)c(Cl)cc2CN[C@H](CC(N)=O)C(=O)O)c1. The van der Waals surface area contributed by atoms with E-state index in [1.54, 1.807) is 42.6 Å². The molecule has 2 atom stereocenters. The Morgan fingerprint density at radius 1 is 1.14 bits per heavy atom. The Bertz CT molecular complexity index is 1760. The topological polar surface area (TPSA) is 148 Å². The third-order valence-electron chi connectivity index (χ3n) is 7.32. The van der Waals surface area contributed by atoms with Crippen molar-refractivity contribution in [2.45, 2.75) is 44.6 Å². The molecule has 1 aromatic heterocycles. The lowest BCUT2D eigenvalue weighted by atomic mass is 9.96. The lowest BCUT2D eigenvalue weighted by Crippen LogP contribution is -2.39. The van der Waals surface area contributed by atoms with Gasteiger partial charge < -0.3 is 20.3 Å². The van der Waals surface area contributed by atoms with Gasteiger partial charge >= 0.3 is 5.97 Å². The molecule has 0 unspecified atom stereocenters. The van der Waals surface area contributed by atoms with E-state index >= 15 is 0 Å². The third-order valence-corrected chi connectivity index (χ3v) is 7.62. The zero-order valence-electron chi connectivity index (χ0n) is 23.4. The van der Waals surface area contributed by atoms with Gasteiger partial charge in [-0.3, -0.25) is 19.9 Å². The van der Waals surface area contributed by atoms with Crippen molar-refractivity contribution in [3.63, 3.8) is 0 Å². The van der Waals surface area contributed by atoms with E-state index in [0.29, 0.717) is 46.6 Å². The molecule has 1 amide bonds. The number of nitrogens with two attached hydrogens (primary N) is 1. The van der Waals surface area contributed by atoms with Gasteiger partial charge in [-0.15, -0.1) is 0 Å². The number of nitriles is 1. The molecule has 1 heterocycles. The van der Waals surface area contributed by atoms with Crippen molar-refractivity contribution in [3.8, 4) is 28.7 Å². The minimum atomic E-state index is -1.23. The molecular formula is C33H28ClFN4O5. The van der Waals surface area contributed by atoms with E-state index in [1.165, 1.54) is 12.3 Å². The maximum Gasteiger partial charge on any atom is 0.321 e. The molecule has 11 heteroatoms. The fraction of sp³-hybridized carbons (Fsp3) is 0.212. The van der Waals surface area contributed by atoms with Crippen LogP contribution in [0.2, 0.25) is 5.02 Å². The van der Waals surface area contributed by atoms with E-state index in [2.05, 4.69) is 10.3 Å². The van der Waals surface area contributed by atoms with Crippen LogP contribution in [0.4, 0.5) is 4.39 Å². The van der Waals surface area contributed by atoms with E-state index in [9.17, 15) is 24.3 Å². The van der Waals surface area contributed by atoms with Crippen LogP contribution in [-0.4, -0.2) is 28.0 Å². The van der Waals surface area contributed by atoms with Gasteiger partial charge in [-0.2, -0.15) is 5.26 Å². The first-order valence-corrected chi connectivity index (χ1v) is 14.2. The molecule has 0 aliphatic heterocycles. The van der Waals surface area contributed by atoms with E-state index in [-0.39, 0.29) is 30.1 Å². The number of amides is 1. The molecule has 0 saturated heterocycles. The number of aromatic nitrogens is 1. The van der Waals surface area contributed by atoms with Crippen molar-refractivity contribution >= 4 is 23.5 Å². The number of nitrogens with zero attached hydrogens (tertiary/aromatic N) is 2. The van der Waals surface area contributed by atoms with Crippen molar-refractivity contribution in [1.82, 2.24) is 10.3 Å². The van der Waals surface area contributed by atoms with Gasteiger partial charge in [0.1, 0.15) is 42.1 Å². The summed E-state index contributed by atoms with van der Waals surface area (Å²) in [4.78, 5) is 27.1. The average molecular weight is 615 g/mol. The molecule has 4 N–H and O–H groups in total. The second kappa shape index (κ2) is 13.5. The van der Waals surface area contributed by atoms with Crippen molar-refractivity contribution < 1.29 is 28.6 Å². The number of hydrogen-bond acceptors (Lipinski definition) is 7. The number of carbonyl (C=O) groups excluding carboxylic acids is 1. The second-order valence-electron chi connectivity index (χ2n) is 10.3. The molecule has 1 aliphatic rings. The van der Waals surface area contributed by atoms with Gasteiger partial charge in [0.05, 0.1) is 17.0 Å². The molecule has 0 fully saturated rings. The summed E-state index contributed by atoms with van der Waals surface area (Å²) < 4.78 is 27.2. The fourth-order valence-corrected chi connectivity index (χ4v) is 5.46. The Morgan fingerprint density at radius 3 is 2.68 bits per heavy atom. The molecular weight excluding hydrogens is 587 g/mol. The Kier molecular flexibility index (Phi) is 9.38. The number of fused-ring (bicyclic) bond motifs is 1. The summed E-state index contributed by atoms with van der Waals surface area (Å²) in [6.07, 6.45) is 3.59. The first-order valence-electron chi connectivity index (χ1n) is 13.8. The van der Waals surface area contributed by atoms with Crippen LogP contribution in [0.25, 0.3) is 11.1 Å². The standard InChI is InChI=1S/C33H28ClFN4O5/c34-26-11-21(17-39-28(33(41)42)12-32(37)40)30(43-18-20-10-19(14-36)15-38-16-20)13-31(26)44-29-9-8-23-22(5-3-6-25(23)29)24-4-1-2-7-27(24)35/h1-7,10-11,13,15-16,28-29,39H,8-9,12,17-18H2,(H2,37,40)(H,41,42)/t28-,29+/m1/s1. The van der Waals surface area contributed by atoms with Crippen LogP contribution in [0.15, 0.2) is 73.1 Å². The quantitative estimate of drug-likeness (QED) is 0.190. The highest BCUT2D eigenvalue weighted by Crippen LogP contribution is 2.43. The molecule has 0 bridgehead atoms. The maximum atomic E-state index is 14.6. The van der Waals surface area contributed by atoms with Gasteiger partial charge in [0, 0.05) is 41.7 Å². The Balaban J connectivity index is 1.43. The predicted molar refractivity (Wildman–Crippen MR) is 160 cm³/mol. The minimum absolute atomic E-state index is 0.00563. The lowest BCUT2D eigenvalue weighted by Gasteiger charge is -2.20. The number of carboxylic acid groups (broad SMARTS) is 1. The van der Waals surface area contributed by atoms with Gasteiger partial charge in [0.15, 0.2) is 0 Å². The van der Waals surface area contributed by atoms with Crippen LogP contribution in [-0.2, 0) is 29.2 Å². The number of primary amides is 1. The highest BCUT2D eigenvalue weighted by molar-refractivity contribution is 6.32. The van der Waals surface area contributed by atoms with Crippen molar-refractivity contribution in [2.75, 3.05) is 0 Å². The maximum absolute atomic E-state index is 14.6. The molecule has 0 saturated carbocycles. The summed E-state index contributed by atoms with van der Waals surface area (Å²) in [5.74, 6) is -1.60. The first-order chi connectivity index (χ1) is 21.2. The molecule has 5 rings (SSSR count). The monoisotopic (exact) mass is 614 g/mol. The van der Waals surface area contributed by atoms with Crippen molar-refractivity contribution in [1.29, 1.82) is 5.26 Å². The number of pyridine rings is 1. The van der Waals surface area contributed by atoms with Gasteiger partial charge in [-0.05, 0) is 47.7 Å². The van der Waals surface area contributed by atoms with Crippen molar-refractivity contribution in [2.24, 2.45) is 5.73 Å². The number of nitrogens with one attached hydrogen (secondary N) is 1. The van der Waals surface area contributed by atoms with Gasteiger partial charge in [0.2, 0.25) is 5.91 Å². The summed E-state index contributed by atoms with van der Waals surface area (Å²) in [6, 6.07) is 18.1. The normalized spacial score (nSPS) is 14.3. The van der Waals surface area contributed by atoms with E-state index in [0.717, 1.165) is 16.7 Å². The molecule has 224 valence electrons. The fourth-order valence-electron chi connectivity index (χ4n) is 5.23. The summed E-state index contributed by atoms with van der Waals surface area (Å²) in [5.41, 5.74) is 10.0. The molecule has 3 aromatic carbocycles. The Morgan fingerprint density at radius 2 is 1.93 bits per heavy atom. The van der Waals surface area contributed by atoms with Crippen LogP contribution in [0.3, 0.4) is 0 Å². The number of halogens is 2. The number of ether oxygens (including phenoxy) is 2. The summed E-state index contributed by atoms with van der Waals surface area (Å²) in [6.45, 7) is 0.0484. The highest BCUT2D eigenvalue weighted by atomic mass is 35.5. The highest BCUT2D eigenvalue weighted by Gasteiger charge is 2.28. The average Bonchev–Trinajstić information content (AvgIpc) is 3.42. The molecule has 0 radical (unpaired) electrons. The summed E-state index contributed by atoms with van der Waals surface area (Å²) >= 11 is 6.68. The zero-order valence-corrected chi connectivity index (χ0v) is 24.2. The van der Waals surface area contributed by atoms with Crippen LogP contribution in [0, 0.1) is 17.1 Å². The summed E-state index contributed by atoms with van der Waals surface area (Å²) in [5, 5.41) is 21.8. The minimum Gasteiger partial charge on any atom is -0.488 e. The molecule has 1 aliphatic carbocycles. The van der Waals surface area contributed by atoms with E-state index < -0.39 is 24.3 Å². The van der Waals surface area contributed by atoms with Crippen LogP contribution in [0.5, 0.6) is 11.5 Å². The Labute approximate surface area is 258 Å². The zero-order chi connectivity index (χ0) is 31.2. The van der Waals surface area contributed by atoms with Gasteiger partial charge in [-0.25, -0.2) is 4.39 Å². The number of aliphatic carboxylic acids is 1. The second-order valence-corrected chi connectivity index (χ2v) is 10.7. The predicted octanol–water partition coefficient (Wildman–Crippen LogP) is 5.48. The third kappa shape index (κ3) is 6.97. The van der Waals surface area contributed by atoms with Crippen LogP contribution < -0.4 is 20.5 Å². The van der Waals surface area contributed by atoms with Gasteiger partial charge in [-0.1, -0.05) is 48.0 Å². The van der Waals surface area contributed by atoms with Crippen LogP contribution in [0.1, 0.15) is 46.8 Å². The number of hydrogen-bond donors (Lipinski definition) is 3. The first kappa shape index (κ1) is 30.5. The van der Waals surface area contributed by atoms with Crippen molar-refractivity contribution in [3.05, 3.63) is 112 Å². The molecule has 9 nitrogen and oxygen atoms in total. The Hall–Kier alpha value is -4.98. The number of carboxylic acids is 1. The number of carbonyl (C=O) groups is 2.